The molecule has 0 bridgehead atoms. The fourth-order valence-corrected chi connectivity index (χ4v) is 4.36. The van der Waals surface area contributed by atoms with Crippen molar-refractivity contribution in [2.75, 3.05) is 24.3 Å². The average molecular weight is 419 g/mol. The first-order valence-corrected chi connectivity index (χ1v) is 9.89. The van der Waals surface area contributed by atoms with Crippen LogP contribution < -0.4 is 11.1 Å². The number of carbonyl (C=O) groups excluding carboxylic acids is 1. The number of nitrogen functional groups attached to an aromatic ring is 1. The van der Waals surface area contributed by atoms with Crippen molar-refractivity contribution in [1.82, 2.24) is 14.8 Å². The molecule has 0 radical (unpaired) electrons. The maximum Gasteiger partial charge on any atom is 0.277 e. The van der Waals surface area contributed by atoms with E-state index in [1.807, 2.05) is 7.05 Å². The number of amides is 1. The summed E-state index contributed by atoms with van der Waals surface area (Å²) in [7, 11) is 1.82. The molecule has 4 rings (SSSR count). The van der Waals surface area contributed by atoms with Crippen molar-refractivity contribution in [3.63, 3.8) is 0 Å². The molecule has 0 atom stereocenters. The van der Waals surface area contributed by atoms with Crippen LogP contribution in [0.3, 0.4) is 0 Å². The van der Waals surface area contributed by atoms with Gasteiger partial charge in [0, 0.05) is 26.2 Å². The second-order valence-corrected chi connectivity index (χ2v) is 7.77. The van der Waals surface area contributed by atoms with E-state index >= 15 is 0 Å². The van der Waals surface area contributed by atoms with E-state index in [2.05, 4.69) is 15.4 Å². The summed E-state index contributed by atoms with van der Waals surface area (Å²) in [5, 5.41) is 7.14. The number of aryl methyl sites for hydroxylation is 1. The zero-order chi connectivity index (χ0) is 20.5. The van der Waals surface area contributed by atoms with Crippen LogP contribution in [0.2, 0.25) is 0 Å². The molecule has 0 aliphatic carbocycles. The average Bonchev–Trinajstić information content (AvgIpc) is 3.25. The Morgan fingerprint density at radius 3 is 2.69 bits per heavy atom. The minimum Gasteiger partial charge on any atom is -0.389 e. The van der Waals surface area contributed by atoms with Crippen LogP contribution in [0.25, 0.3) is 10.6 Å². The van der Waals surface area contributed by atoms with Crippen molar-refractivity contribution in [2.24, 2.45) is 7.05 Å². The van der Waals surface area contributed by atoms with E-state index in [0.717, 1.165) is 42.0 Å². The standard InChI is InChI=1S/C19H19F2N5O2S/c1-26-16(10-5-7-28-8-6-10)13(9-23-26)24-18(27)15-17(22)29-19(25-15)14-11(20)3-2-4-12(14)21/h2-4,9-10H,5-8,22H2,1H3,(H,24,27). The van der Waals surface area contributed by atoms with Crippen LogP contribution in [0.5, 0.6) is 0 Å². The molecule has 1 fully saturated rings. The van der Waals surface area contributed by atoms with Gasteiger partial charge in [-0.15, -0.1) is 0 Å². The van der Waals surface area contributed by atoms with Gasteiger partial charge in [-0.3, -0.25) is 9.48 Å². The minimum absolute atomic E-state index is 0.0130. The van der Waals surface area contributed by atoms with E-state index in [4.69, 9.17) is 10.5 Å². The number of nitrogens with two attached hydrogens (primary N) is 1. The Balaban J connectivity index is 1.61. The van der Waals surface area contributed by atoms with Gasteiger partial charge in [-0.2, -0.15) is 5.10 Å². The molecule has 1 aliphatic rings. The van der Waals surface area contributed by atoms with Gasteiger partial charge in [0.25, 0.3) is 5.91 Å². The van der Waals surface area contributed by atoms with Crippen LogP contribution in [0, 0.1) is 11.6 Å². The Bertz CT molecular complexity index is 1040. The van der Waals surface area contributed by atoms with Gasteiger partial charge in [0.2, 0.25) is 0 Å². The van der Waals surface area contributed by atoms with Crippen molar-refractivity contribution < 1.29 is 18.3 Å². The molecule has 3 heterocycles. The molecule has 1 aromatic carbocycles. The smallest absolute Gasteiger partial charge is 0.277 e. The maximum absolute atomic E-state index is 14.1. The second kappa shape index (κ2) is 7.88. The molecule has 2 aromatic heterocycles. The number of benzene rings is 1. The molecule has 1 aliphatic heterocycles. The number of halogens is 2. The van der Waals surface area contributed by atoms with Crippen LogP contribution in [0.1, 0.15) is 34.9 Å². The SMILES string of the molecule is Cn1ncc(NC(=O)c2nc(-c3c(F)cccc3F)sc2N)c1C1CCOCC1. The number of aromatic nitrogens is 3. The number of hydrogen-bond acceptors (Lipinski definition) is 6. The highest BCUT2D eigenvalue weighted by Gasteiger charge is 2.26. The van der Waals surface area contributed by atoms with E-state index in [1.165, 1.54) is 6.07 Å². The number of carbonyl (C=O) groups is 1. The van der Waals surface area contributed by atoms with Gasteiger partial charge in [-0.1, -0.05) is 17.4 Å². The molecule has 0 spiro atoms. The molecule has 3 N–H and O–H groups in total. The van der Waals surface area contributed by atoms with Crippen molar-refractivity contribution in [2.45, 2.75) is 18.8 Å². The van der Waals surface area contributed by atoms with Gasteiger partial charge in [0.1, 0.15) is 21.6 Å². The lowest BCUT2D eigenvalue weighted by molar-refractivity contribution is 0.0838. The highest BCUT2D eigenvalue weighted by molar-refractivity contribution is 7.19. The number of ether oxygens (including phenoxy) is 1. The van der Waals surface area contributed by atoms with E-state index < -0.39 is 17.5 Å². The maximum atomic E-state index is 14.1. The summed E-state index contributed by atoms with van der Waals surface area (Å²) in [6, 6.07) is 3.52. The molecule has 152 valence electrons. The molecular weight excluding hydrogens is 400 g/mol. The van der Waals surface area contributed by atoms with E-state index in [1.54, 1.807) is 10.9 Å². The number of nitrogens with one attached hydrogen (secondary N) is 1. The predicted octanol–water partition coefficient (Wildman–Crippen LogP) is 3.55. The van der Waals surface area contributed by atoms with Crippen LogP contribution in [0.15, 0.2) is 24.4 Å². The topological polar surface area (TPSA) is 95.1 Å². The second-order valence-electron chi connectivity index (χ2n) is 6.74. The molecule has 10 heteroatoms. The lowest BCUT2D eigenvalue weighted by Crippen LogP contribution is -2.20. The van der Waals surface area contributed by atoms with Crippen molar-refractivity contribution in [3.8, 4) is 10.6 Å². The highest BCUT2D eigenvalue weighted by atomic mass is 32.1. The Morgan fingerprint density at radius 1 is 1.31 bits per heavy atom. The lowest BCUT2D eigenvalue weighted by atomic mass is 9.95. The van der Waals surface area contributed by atoms with Crippen LogP contribution in [-0.4, -0.2) is 33.9 Å². The molecule has 7 nitrogen and oxygen atoms in total. The zero-order valence-electron chi connectivity index (χ0n) is 15.6. The summed E-state index contributed by atoms with van der Waals surface area (Å²) >= 11 is 0.861. The van der Waals surface area contributed by atoms with Crippen LogP contribution in [0.4, 0.5) is 19.5 Å². The molecule has 1 saturated heterocycles. The third-order valence-electron chi connectivity index (χ3n) is 4.89. The molecule has 0 unspecified atom stereocenters. The van der Waals surface area contributed by atoms with Gasteiger partial charge >= 0.3 is 0 Å². The fourth-order valence-electron chi connectivity index (χ4n) is 3.48. The number of rotatable bonds is 4. The summed E-state index contributed by atoms with van der Waals surface area (Å²) in [5.41, 5.74) is 7.02. The zero-order valence-corrected chi connectivity index (χ0v) is 16.4. The molecule has 1 amide bonds. The van der Waals surface area contributed by atoms with Crippen LogP contribution >= 0.6 is 11.3 Å². The Hall–Kier alpha value is -2.85. The number of hydrogen-bond donors (Lipinski definition) is 2. The number of nitrogens with zero attached hydrogens (tertiary/aromatic N) is 3. The highest BCUT2D eigenvalue weighted by Crippen LogP contribution is 2.35. The summed E-state index contributed by atoms with van der Waals surface area (Å²) in [6.45, 7) is 1.31. The fraction of sp³-hybridized carbons (Fsp3) is 0.316. The molecule has 0 saturated carbocycles. The van der Waals surface area contributed by atoms with Gasteiger partial charge in [0.05, 0.1) is 23.1 Å². The largest absolute Gasteiger partial charge is 0.389 e. The summed E-state index contributed by atoms with van der Waals surface area (Å²) in [4.78, 5) is 16.9. The van der Waals surface area contributed by atoms with Crippen molar-refractivity contribution in [1.29, 1.82) is 0 Å². The molecule has 3 aromatic rings. The lowest BCUT2D eigenvalue weighted by Gasteiger charge is -2.23. The summed E-state index contributed by atoms with van der Waals surface area (Å²) in [6.07, 6.45) is 3.23. The molecule has 29 heavy (non-hydrogen) atoms. The van der Waals surface area contributed by atoms with E-state index in [9.17, 15) is 13.6 Å². The predicted molar refractivity (Wildman–Crippen MR) is 106 cm³/mol. The quantitative estimate of drug-likeness (QED) is 0.674. The Morgan fingerprint density at radius 2 is 2.00 bits per heavy atom. The minimum atomic E-state index is -0.764. The first-order valence-electron chi connectivity index (χ1n) is 9.07. The third kappa shape index (κ3) is 3.73. The van der Waals surface area contributed by atoms with E-state index in [0.29, 0.717) is 18.9 Å². The summed E-state index contributed by atoms with van der Waals surface area (Å²) in [5.74, 6) is -1.87. The first-order chi connectivity index (χ1) is 14.0. The van der Waals surface area contributed by atoms with Gasteiger partial charge in [-0.05, 0) is 25.0 Å². The van der Waals surface area contributed by atoms with E-state index in [-0.39, 0.29) is 27.2 Å². The van der Waals surface area contributed by atoms with Gasteiger partial charge in [-0.25, -0.2) is 13.8 Å². The number of thiazole rings is 1. The monoisotopic (exact) mass is 419 g/mol. The van der Waals surface area contributed by atoms with Gasteiger partial charge in [0.15, 0.2) is 5.69 Å². The Labute approximate surface area is 169 Å². The van der Waals surface area contributed by atoms with Crippen molar-refractivity contribution >= 4 is 27.9 Å². The van der Waals surface area contributed by atoms with Crippen molar-refractivity contribution in [3.05, 3.63) is 47.4 Å². The third-order valence-corrected chi connectivity index (χ3v) is 5.79. The number of anilines is 2. The summed E-state index contributed by atoms with van der Waals surface area (Å²) < 4.78 is 35.2. The molecular formula is C19H19F2N5O2S. The van der Waals surface area contributed by atoms with Crippen LogP contribution in [-0.2, 0) is 11.8 Å². The normalized spacial score (nSPS) is 14.9. The Kier molecular flexibility index (Phi) is 5.29. The van der Waals surface area contributed by atoms with Gasteiger partial charge < -0.3 is 15.8 Å². The first kappa shape index (κ1) is 19.5.